The van der Waals surface area contributed by atoms with Crippen LogP contribution >= 0.6 is 35.3 Å². The second-order valence-electron chi connectivity index (χ2n) is 5.40. The molecule has 0 aliphatic heterocycles. The number of rotatable bonds is 6. The molecular formula is C18H22IN5OS. The highest BCUT2D eigenvalue weighted by Gasteiger charge is 2.07. The topological polar surface area (TPSA) is 75.3 Å². The van der Waals surface area contributed by atoms with E-state index in [1.807, 2.05) is 42.6 Å². The summed E-state index contributed by atoms with van der Waals surface area (Å²) in [6, 6.07) is 11.9. The van der Waals surface area contributed by atoms with Gasteiger partial charge in [0.2, 0.25) is 0 Å². The summed E-state index contributed by atoms with van der Waals surface area (Å²) in [4.78, 5) is 9.91. The molecule has 0 fully saturated rings. The van der Waals surface area contributed by atoms with Crippen molar-refractivity contribution < 1.29 is 4.52 Å². The quantitative estimate of drug-likeness (QED) is 0.317. The van der Waals surface area contributed by atoms with Crippen molar-refractivity contribution >= 4 is 41.3 Å². The fourth-order valence-corrected chi connectivity index (χ4v) is 3.08. The molecule has 2 heterocycles. The zero-order chi connectivity index (χ0) is 17.5. The molecule has 0 atom stereocenters. The number of aromatic nitrogens is 2. The molecule has 0 aliphatic carbocycles. The number of hydrogen-bond acceptors (Lipinski definition) is 5. The van der Waals surface area contributed by atoms with Gasteiger partial charge >= 0.3 is 0 Å². The largest absolute Gasteiger partial charge is 0.356 e. The lowest BCUT2D eigenvalue weighted by Gasteiger charge is -2.09. The molecule has 8 heteroatoms. The van der Waals surface area contributed by atoms with Crippen LogP contribution in [0.3, 0.4) is 0 Å². The van der Waals surface area contributed by atoms with E-state index < -0.39 is 0 Å². The Morgan fingerprint density at radius 3 is 2.65 bits per heavy atom. The molecule has 3 aromatic rings. The van der Waals surface area contributed by atoms with E-state index in [2.05, 4.69) is 32.7 Å². The number of hydrogen-bond donors (Lipinski definition) is 2. The first-order valence-corrected chi connectivity index (χ1v) is 8.99. The first-order chi connectivity index (χ1) is 12.3. The maximum absolute atomic E-state index is 5.40. The van der Waals surface area contributed by atoms with E-state index in [4.69, 9.17) is 4.52 Å². The second-order valence-corrected chi connectivity index (χ2v) is 6.60. The SMILES string of the molecule is CCc1cnc(CNC(=NC)NCc2cc(-c3ccccc3)on2)s1.I. The van der Waals surface area contributed by atoms with Gasteiger partial charge in [0.1, 0.15) is 10.7 Å². The number of thiazole rings is 1. The Balaban J connectivity index is 0.00000243. The Kier molecular flexibility index (Phi) is 8.05. The fraction of sp³-hybridized carbons (Fsp3) is 0.278. The normalized spacial score (nSPS) is 11.1. The molecule has 3 rings (SSSR count). The number of nitrogens with zero attached hydrogens (tertiary/aromatic N) is 3. The zero-order valence-corrected chi connectivity index (χ0v) is 17.9. The predicted octanol–water partition coefficient (Wildman–Crippen LogP) is 3.84. The highest BCUT2D eigenvalue weighted by atomic mass is 127. The second kappa shape index (κ2) is 10.3. The van der Waals surface area contributed by atoms with Gasteiger partial charge in [0, 0.05) is 29.8 Å². The fourth-order valence-electron chi connectivity index (χ4n) is 2.28. The van der Waals surface area contributed by atoms with Gasteiger partial charge < -0.3 is 15.2 Å². The molecule has 0 unspecified atom stereocenters. The summed E-state index contributed by atoms with van der Waals surface area (Å²) in [5.41, 5.74) is 1.84. The van der Waals surface area contributed by atoms with Gasteiger partial charge in [0.25, 0.3) is 0 Å². The molecule has 0 radical (unpaired) electrons. The smallest absolute Gasteiger partial charge is 0.191 e. The minimum Gasteiger partial charge on any atom is -0.356 e. The van der Waals surface area contributed by atoms with Crippen molar-refractivity contribution in [3.63, 3.8) is 0 Å². The molecule has 0 bridgehead atoms. The van der Waals surface area contributed by atoms with Crippen LogP contribution in [-0.4, -0.2) is 23.1 Å². The summed E-state index contributed by atoms with van der Waals surface area (Å²) in [5.74, 6) is 1.47. The molecule has 1 aromatic carbocycles. The third kappa shape index (κ3) is 5.53. The van der Waals surface area contributed by atoms with E-state index in [0.29, 0.717) is 19.0 Å². The summed E-state index contributed by atoms with van der Waals surface area (Å²) in [7, 11) is 1.74. The highest BCUT2D eigenvalue weighted by molar-refractivity contribution is 14.0. The summed E-state index contributed by atoms with van der Waals surface area (Å²) in [6.45, 7) is 3.32. The minimum absolute atomic E-state index is 0. The number of halogens is 1. The first-order valence-electron chi connectivity index (χ1n) is 8.17. The van der Waals surface area contributed by atoms with Crippen LogP contribution in [0.4, 0.5) is 0 Å². The zero-order valence-electron chi connectivity index (χ0n) is 14.7. The molecule has 0 aliphatic rings. The standard InChI is InChI=1S/C18H21N5OS.HI/c1-3-15-11-20-17(25-15)12-22-18(19-2)21-10-14-9-16(24-23-14)13-7-5-4-6-8-13;/h4-9,11H,3,10,12H2,1-2H3,(H2,19,21,22);1H. The molecule has 2 N–H and O–H groups in total. The van der Waals surface area contributed by atoms with Crippen molar-refractivity contribution in [1.29, 1.82) is 0 Å². The summed E-state index contributed by atoms with van der Waals surface area (Å²) in [6.07, 6.45) is 2.94. The van der Waals surface area contributed by atoms with Gasteiger partial charge in [0.05, 0.1) is 13.1 Å². The van der Waals surface area contributed by atoms with Gasteiger partial charge in [-0.2, -0.15) is 0 Å². The third-order valence-electron chi connectivity index (χ3n) is 3.63. The van der Waals surface area contributed by atoms with Crippen LogP contribution in [0, 0.1) is 0 Å². The Labute approximate surface area is 174 Å². The van der Waals surface area contributed by atoms with Crippen LogP contribution in [0.2, 0.25) is 0 Å². The van der Waals surface area contributed by atoms with Crippen molar-refractivity contribution in [3.05, 3.63) is 58.2 Å². The van der Waals surface area contributed by atoms with Crippen LogP contribution in [0.1, 0.15) is 22.5 Å². The highest BCUT2D eigenvalue weighted by Crippen LogP contribution is 2.19. The molecule has 2 aromatic heterocycles. The van der Waals surface area contributed by atoms with Crippen molar-refractivity contribution in [2.75, 3.05) is 7.05 Å². The summed E-state index contributed by atoms with van der Waals surface area (Å²) >= 11 is 1.72. The van der Waals surface area contributed by atoms with Crippen LogP contribution < -0.4 is 10.6 Å². The Morgan fingerprint density at radius 2 is 1.96 bits per heavy atom. The molecule has 0 spiro atoms. The number of nitrogens with one attached hydrogen (secondary N) is 2. The molecule has 0 saturated carbocycles. The van der Waals surface area contributed by atoms with E-state index in [0.717, 1.165) is 28.4 Å². The monoisotopic (exact) mass is 483 g/mol. The van der Waals surface area contributed by atoms with E-state index in [-0.39, 0.29) is 24.0 Å². The van der Waals surface area contributed by atoms with Crippen LogP contribution in [0.15, 0.2) is 52.1 Å². The Morgan fingerprint density at radius 1 is 1.19 bits per heavy atom. The van der Waals surface area contributed by atoms with Crippen molar-refractivity contribution in [2.45, 2.75) is 26.4 Å². The predicted molar refractivity (Wildman–Crippen MR) is 116 cm³/mol. The molecule has 0 amide bonds. The lowest BCUT2D eigenvalue weighted by atomic mass is 10.2. The molecular weight excluding hydrogens is 461 g/mol. The third-order valence-corrected chi connectivity index (χ3v) is 4.78. The van der Waals surface area contributed by atoms with E-state index in [1.165, 1.54) is 4.88 Å². The molecule has 138 valence electrons. The maximum atomic E-state index is 5.40. The Bertz CT molecular complexity index is 831. The Hall–Kier alpha value is -1.94. The van der Waals surface area contributed by atoms with Gasteiger partial charge in [-0.05, 0) is 6.42 Å². The van der Waals surface area contributed by atoms with Crippen LogP contribution in [0.5, 0.6) is 0 Å². The number of benzene rings is 1. The lowest BCUT2D eigenvalue weighted by molar-refractivity contribution is 0.422. The van der Waals surface area contributed by atoms with Gasteiger partial charge in [-0.3, -0.25) is 4.99 Å². The summed E-state index contributed by atoms with van der Waals surface area (Å²) in [5, 5.41) is 11.6. The maximum Gasteiger partial charge on any atom is 0.191 e. The van der Waals surface area contributed by atoms with Crippen LogP contribution in [0.25, 0.3) is 11.3 Å². The molecule has 6 nitrogen and oxygen atoms in total. The lowest BCUT2D eigenvalue weighted by Crippen LogP contribution is -2.36. The minimum atomic E-state index is 0. The van der Waals surface area contributed by atoms with E-state index in [1.54, 1.807) is 18.4 Å². The molecule has 26 heavy (non-hydrogen) atoms. The first kappa shape index (κ1) is 20.4. The van der Waals surface area contributed by atoms with Crippen LogP contribution in [-0.2, 0) is 19.5 Å². The van der Waals surface area contributed by atoms with Gasteiger partial charge in [-0.25, -0.2) is 4.98 Å². The summed E-state index contributed by atoms with van der Waals surface area (Å²) < 4.78 is 5.40. The molecule has 0 saturated heterocycles. The van der Waals surface area contributed by atoms with Crippen molar-refractivity contribution in [1.82, 2.24) is 20.8 Å². The van der Waals surface area contributed by atoms with Gasteiger partial charge in [-0.15, -0.1) is 35.3 Å². The average Bonchev–Trinajstić information content (AvgIpc) is 3.32. The van der Waals surface area contributed by atoms with Crippen molar-refractivity contribution in [3.8, 4) is 11.3 Å². The average molecular weight is 483 g/mol. The van der Waals surface area contributed by atoms with E-state index in [9.17, 15) is 0 Å². The van der Waals surface area contributed by atoms with Gasteiger partial charge in [-0.1, -0.05) is 42.4 Å². The number of aryl methyl sites for hydroxylation is 1. The van der Waals surface area contributed by atoms with E-state index >= 15 is 0 Å². The number of aliphatic imine (C=N–C) groups is 1. The van der Waals surface area contributed by atoms with Gasteiger partial charge in [0.15, 0.2) is 11.7 Å². The number of guanidine groups is 1. The van der Waals surface area contributed by atoms with Crippen molar-refractivity contribution in [2.24, 2.45) is 4.99 Å².